The fourth-order valence-electron chi connectivity index (χ4n) is 1.47. The van der Waals surface area contributed by atoms with Crippen molar-refractivity contribution in [1.29, 1.82) is 0 Å². The van der Waals surface area contributed by atoms with Crippen molar-refractivity contribution in [2.75, 3.05) is 0 Å². The molecule has 0 saturated carbocycles. The van der Waals surface area contributed by atoms with E-state index in [0.717, 1.165) is 5.56 Å². The Kier molecular flexibility index (Phi) is 3.55. The summed E-state index contributed by atoms with van der Waals surface area (Å²) >= 11 is 11.7. The second kappa shape index (κ2) is 4.94. The molecule has 2 aromatic rings. The number of carbonyl (C=O) groups excluding carboxylic acids is 1. The van der Waals surface area contributed by atoms with Gasteiger partial charge in [-0.05, 0) is 30.3 Å². The fraction of sp³-hybridized carbons (Fsp3) is 0.154. The second-order valence-electron chi connectivity index (χ2n) is 3.57. The van der Waals surface area contributed by atoms with Crippen LogP contribution in [0.3, 0.4) is 0 Å². The summed E-state index contributed by atoms with van der Waals surface area (Å²) in [6.45, 7) is 1.80. The monoisotopic (exact) mass is 268 g/mol. The third-order valence-corrected chi connectivity index (χ3v) is 3.15. The zero-order chi connectivity index (χ0) is 12.4. The first-order valence-corrected chi connectivity index (χ1v) is 5.96. The number of ketones is 1. The van der Waals surface area contributed by atoms with Gasteiger partial charge in [0.15, 0.2) is 11.5 Å². The van der Waals surface area contributed by atoms with Crippen molar-refractivity contribution in [1.82, 2.24) is 0 Å². The van der Waals surface area contributed by atoms with Crippen molar-refractivity contribution in [2.45, 2.75) is 13.3 Å². The van der Waals surface area contributed by atoms with E-state index in [1.54, 1.807) is 37.3 Å². The van der Waals surface area contributed by atoms with E-state index in [2.05, 4.69) is 0 Å². The molecule has 2 nitrogen and oxygen atoms in total. The Bertz CT molecular complexity index is 558. The number of hydrogen-bond donors (Lipinski definition) is 0. The highest BCUT2D eigenvalue weighted by molar-refractivity contribution is 6.42. The lowest BCUT2D eigenvalue weighted by atomic mass is 10.2. The van der Waals surface area contributed by atoms with Gasteiger partial charge in [0, 0.05) is 12.0 Å². The van der Waals surface area contributed by atoms with E-state index in [1.807, 2.05) is 0 Å². The summed E-state index contributed by atoms with van der Waals surface area (Å²) in [5.41, 5.74) is 0.801. The van der Waals surface area contributed by atoms with Crippen molar-refractivity contribution >= 4 is 29.0 Å². The first kappa shape index (κ1) is 12.2. The van der Waals surface area contributed by atoms with Gasteiger partial charge < -0.3 is 4.42 Å². The van der Waals surface area contributed by atoms with Gasteiger partial charge in [0.05, 0.1) is 10.0 Å². The maximum atomic E-state index is 11.4. The molecule has 0 amide bonds. The first-order valence-electron chi connectivity index (χ1n) is 5.20. The molecule has 1 aromatic carbocycles. The maximum absolute atomic E-state index is 11.4. The minimum absolute atomic E-state index is 0.0173. The lowest BCUT2D eigenvalue weighted by molar-refractivity contribution is 0.0962. The minimum atomic E-state index is -0.0173. The number of halogens is 2. The Balaban J connectivity index is 2.37. The molecule has 17 heavy (non-hydrogen) atoms. The highest BCUT2D eigenvalue weighted by Crippen LogP contribution is 2.29. The van der Waals surface area contributed by atoms with E-state index >= 15 is 0 Å². The minimum Gasteiger partial charge on any atom is -0.453 e. The van der Waals surface area contributed by atoms with Gasteiger partial charge in [-0.3, -0.25) is 4.79 Å². The van der Waals surface area contributed by atoms with Crippen LogP contribution >= 0.6 is 23.2 Å². The molecule has 0 saturated heterocycles. The van der Waals surface area contributed by atoms with Crippen molar-refractivity contribution in [2.24, 2.45) is 0 Å². The number of furan rings is 1. The molecule has 4 heteroatoms. The van der Waals surface area contributed by atoms with Crippen LogP contribution in [0, 0.1) is 0 Å². The molecule has 0 aliphatic rings. The summed E-state index contributed by atoms with van der Waals surface area (Å²) in [6, 6.07) is 8.63. The van der Waals surface area contributed by atoms with Gasteiger partial charge in [0.1, 0.15) is 5.76 Å². The topological polar surface area (TPSA) is 30.2 Å². The van der Waals surface area contributed by atoms with Gasteiger partial charge in [-0.25, -0.2) is 0 Å². The van der Waals surface area contributed by atoms with Gasteiger partial charge in [0.25, 0.3) is 0 Å². The smallest absolute Gasteiger partial charge is 0.197 e. The van der Waals surface area contributed by atoms with Gasteiger partial charge in [-0.1, -0.05) is 30.1 Å². The normalized spacial score (nSPS) is 10.5. The molecule has 0 radical (unpaired) electrons. The van der Waals surface area contributed by atoms with E-state index < -0.39 is 0 Å². The van der Waals surface area contributed by atoms with Gasteiger partial charge in [-0.15, -0.1) is 0 Å². The van der Waals surface area contributed by atoms with Crippen molar-refractivity contribution in [3.8, 4) is 11.3 Å². The van der Waals surface area contributed by atoms with Crippen LogP contribution in [0.25, 0.3) is 11.3 Å². The third kappa shape index (κ3) is 2.54. The summed E-state index contributed by atoms with van der Waals surface area (Å²) < 4.78 is 5.47. The van der Waals surface area contributed by atoms with Crippen LogP contribution in [-0.2, 0) is 0 Å². The highest BCUT2D eigenvalue weighted by Gasteiger charge is 2.11. The molecule has 0 spiro atoms. The molecule has 0 fully saturated rings. The van der Waals surface area contributed by atoms with Crippen molar-refractivity contribution in [3.63, 3.8) is 0 Å². The lowest BCUT2D eigenvalue weighted by Crippen LogP contribution is -1.92. The summed E-state index contributed by atoms with van der Waals surface area (Å²) in [6.07, 6.45) is 0.425. The van der Waals surface area contributed by atoms with Crippen LogP contribution in [0.15, 0.2) is 34.7 Å². The van der Waals surface area contributed by atoms with E-state index in [0.29, 0.717) is 28.0 Å². The predicted molar refractivity (Wildman–Crippen MR) is 68.8 cm³/mol. The zero-order valence-corrected chi connectivity index (χ0v) is 10.7. The molecule has 1 aromatic heterocycles. The predicted octanol–water partition coefficient (Wildman–Crippen LogP) is 4.85. The van der Waals surface area contributed by atoms with Crippen LogP contribution in [0.5, 0.6) is 0 Å². The van der Waals surface area contributed by atoms with Crippen LogP contribution in [0.1, 0.15) is 23.9 Å². The summed E-state index contributed by atoms with van der Waals surface area (Å²) in [4.78, 5) is 11.4. The average molecular weight is 269 g/mol. The quantitative estimate of drug-likeness (QED) is 0.746. The second-order valence-corrected chi connectivity index (χ2v) is 4.38. The molecule has 1 heterocycles. The molecule has 0 aliphatic carbocycles. The third-order valence-electron chi connectivity index (χ3n) is 2.41. The highest BCUT2D eigenvalue weighted by atomic mass is 35.5. The lowest BCUT2D eigenvalue weighted by Gasteiger charge is -1.99. The Morgan fingerprint density at radius 3 is 2.59 bits per heavy atom. The molecule has 2 rings (SSSR count). The number of Topliss-reactive ketones (excluding diaryl/α,β-unsaturated/α-hetero) is 1. The van der Waals surface area contributed by atoms with Gasteiger partial charge in [-0.2, -0.15) is 0 Å². The maximum Gasteiger partial charge on any atom is 0.197 e. The average Bonchev–Trinajstić information content (AvgIpc) is 2.81. The molecule has 0 bridgehead atoms. The Morgan fingerprint density at radius 2 is 1.94 bits per heavy atom. The fourth-order valence-corrected chi connectivity index (χ4v) is 1.76. The molecule has 0 aliphatic heterocycles. The van der Waals surface area contributed by atoms with E-state index in [9.17, 15) is 4.79 Å². The molecular weight excluding hydrogens is 259 g/mol. The summed E-state index contributed by atoms with van der Waals surface area (Å²) in [5.74, 6) is 0.963. The van der Waals surface area contributed by atoms with E-state index in [4.69, 9.17) is 27.6 Å². The van der Waals surface area contributed by atoms with Gasteiger partial charge in [0.2, 0.25) is 0 Å². The molecule has 0 N–H and O–H groups in total. The van der Waals surface area contributed by atoms with E-state index in [-0.39, 0.29) is 5.78 Å². The zero-order valence-electron chi connectivity index (χ0n) is 9.17. The molecule has 88 valence electrons. The molecular formula is C13H10Cl2O2. The van der Waals surface area contributed by atoms with Crippen molar-refractivity contribution < 1.29 is 9.21 Å². The Hall–Kier alpha value is -1.25. The number of benzene rings is 1. The van der Waals surface area contributed by atoms with Crippen molar-refractivity contribution in [3.05, 3.63) is 46.1 Å². The molecule has 0 unspecified atom stereocenters. The van der Waals surface area contributed by atoms with Crippen LogP contribution < -0.4 is 0 Å². The number of hydrogen-bond acceptors (Lipinski definition) is 2. The number of carbonyl (C=O) groups is 1. The first-order chi connectivity index (χ1) is 8.11. The SMILES string of the molecule is CCC(=O)c1ccc(-c2ccc(Cl)c(Cl)c2)o1. The van der Waals surface area contributed by atoms with Gasteiger partial charge >= 0.3 is 0 Å². The summed E-state index contributed by atoms with van der Waals surface area (Å²) in [7, 11) is 0. The standard InChI is InChI=1S/C13H10Cl2O2/c1-2-11(16)13-6-5-12(17-13)8-3-4-9(14)10(15)7-8/h3-7H,2H2,1H3. The Labute approximate surface area is 109 Å². The number of rotatable bonds is 3. The van der Waals surface area contributed by atoms with Crippen LogP contribution in [0.4, 0.5) is 0 Å². The largest absolute Gasteiger partial charge is 0.453 e. The van der Waals surface area contributed by atoms with E-state index in [1.165, 1.54) is 0 Å². The summed E-state index contributed by atoms with van der Waals surface area (Å²) in [5, 5.41) is 0.954. The Morgan fingerprint density at radius 1 is 1.18 bits per heavy atom. The molecule has 0 atom stereocenters. The van der Waals surface area contributed by atoms with Crippen LogP contribution in [-0.4, -0.2) is 5.78 Å². The van der Waals surface area contributed by atoms with Crippen LogP contribution in [0.2, 0.25) is 10.0 Å².